The smallest absolute Gasteiger partial charge is 0.356 e. The van der Waals surface area contributed by atoms with Gasteiger partial charge in [0.2, 0.25) is 5.91 Å². The maximum atomic E-state index is 12.2. The number of benzene rings is 1. The molecule has 2 aliphatic rings. The summed E-state index contributed by atoms with van der Waals surface area (Å²) in [6.45, 7) is 2.87. The van der Waals surface area contributed by atoms with Gasteiger partial charge in [-0.05, 0) is 42.9 Å². The number of carbonyl (C=O) groups excluding carboxylic acids is 2. The topological polar surface area (TPSA) is 64.4 Å². The highest BCUT2D eigenvalue weighted by Crippen LogP contribution is 2.38. The van der Waals surface area contributed by atoms with Gasteiger partial charge in [0, 0.05) is 13.0 Å². The number of amides is 1. The molecular formula is C19H21N3O3. The molecule has 0 radical (unpaired) electrons. The molecule has 1 aromatic carbocycles. The van der Waals surface area contributed by atoms with E-state index in [4.69, 9.17) is 4.74 Å². The molecule has 25 heavy (non-hydrogen) atoms. The lowest BCUT2D eigenvalue weighted by atomic mass is 9.88. The van der Waals surface area contributed by atoms with Gasteiger partial charge in [-0.25, -0.2) is 9.78 Å². The molecule has 0 N–H and O–H groups in total. The lowest BCUT2D eigenvalue weighted by molar-refractivity contribution is -0.119. The second-order valence-electron chi connectivity index (χ2n) is 6.69. The van der Waals surface area contributed by atoms with Gasteiger partial charge in [0.15, 0.2) is 0 Å². The van der Waals surface area contributed by atoms with Crippen molar-refractivity contribution in [1.82, 2.24) is 9.55 Å². The number of nitrogens with zero attached hydrogens (tertiary/aromatic N) is 3. The number of aryl methyl sites for hydroxylation is 2. The van der Waals surface area contributed by atoms with Gasteiger partial charge in [0.05, 0.1) is 31.4 Å². The summed E-state index contributed by atoms with van der Waals surface area (Å²) < 4.78 is 6.69. The first-order chi connectivity index (χ1) is 12.1. The van der Waals surface area contributed by atoms with Crippen molar-refractivity contribution in [3.8, 4) is 0 Å². The first kappa shape index (κ1) is 15.9. The van der Waals surface area contributed by atoms with Crippen LogP contribution in [0.4, 0.5) is 5.69 Å². The minimum absolute atomic E-state index is 0.0360. The van der Waals surface area contributed by atoms with Crippen LogP contribution in [0.15, 0.2) is 24.7 Å². The molecule has 0 fully saturated rings. The molecular weight excluding hydrogens is 318 g/mol. The molecule has 130 valence electrons. The molecule has 0 aliphatic carbocycles. The third-order valence-corrected chi connectivity index (χ3v) is 5.26. The third-order valence-electron chi connectivity index (χ3n) is 5.26. The standard InChI is InChI=1S/C19H21N3O3/c1-12(22-11-20-10-16(22)19(24)25-2)15-8-13-4-3-7-21-17(23)6-5-14(9-15)18(13)21/h8-12H,3-7H2,1-2H3. The van der Waals surface area contributed by atoms with Crippen LogP contribution < -0.4 is 4.90 Å². The zero-order valence-electron chi connectivity index (χ0n) is 14.5. The fourth-order valence-electron chi connectivity index (χ4n) is 3.96. The van der Waals surface area contributed by atoms with Crippen LogP contribution in [-0.4, -0.2) is 35.1 Å². The quantitative estimate of drug-likeness (QED) is 0.806. The molecule has 0 spiro atoms. The summed E-state index contributed by atoms with van der Waals surface area (Å²) in [5, 5.41) is 0. The Morgan fingerprint density at radius 2 is 2.00 bits per heavy atom. The van der Waals surface area contributed by atoms with Crippen molar-refractivity contribution in [3.63, 3.8) is 0 Å². The van der Waals surface area contributed by atoms with Crippen LogP contribution in [0.2, 0.25) is 0 Å². The maximum Gasteiger partial charge on any atom is 0.356 e. The van der Waals surface area contributed by atoms with Gasteiger partial charge < -0.3 is 14.2 Å². The van der Waals surface area contributed by atoms with Crippen LogP contribution in [0.1, 0.15) is 53.0 Å². The molecule has 1 aromatic heterocycles. The average Bonchev–Trinajstić information content (AvgIpc) is 3.13. The van der Waals surface area contributed by atoms with Crippen molar-refractivity contribution < 1.29 is 14.3 Å². The Labute approximate surface area is 146 Å². The maximum absolute atomic E-state index is 12.2. The molecule has 4 rings (SSSR count). The molecule has 2 aliphatic heterocycles. The normalized spacial score (nSPS) is 17.2. The highest BCUT2D eigenvalue weighted by molar-refractivity contribution is 5.97. The van der Waals surface area contributed by atoms with Gasteiger partial charge in [-0.15, -0.1) is 0 Å². The second kappa shape index (κ2) is 6.02. The van der Waals surface area contributed by atoms with Crippen molar-refractivity contribution in [2.24, 2.45) is 0 Å². The molecule has 2 aromatic rings. The van der Waals surface area contributed by atoms with Crippen LogP contribution in [0.5, 0.6) is 0 Å². The van der Waals surface area contributed by atoms with Crippen LogP contribution in [0.3, 0.4) is 0 Å². The monoisotopic (exact) mass is 339 g/mol. The van der Waals surface area contributed by atoms with Gasteiger partial charge >= 0.3 is 5.97 Å². The SMILES string of the molecule is COC(=O)c1cncn1C(C)c1cc2c3c(c1)CCC(=O)N3CCC2. The number of hydrogen-bond acceptors (Lipinski definition) is 4. The van der Waals surface area contributed by atoms with Gasteiger partial charge in [-0.3, -0.25) is 4.79 Å². The van der Waals surface area contributed by atoms with E-state index in [0.717, 1.165) is 37.1 Å². The molecule has 0 bridgehead atoms. The Hall–Kier alpha value is -2.63. The van der Waals surface area contributed by atoms with Gasteiger partial charge in [0.1, 0.15) is 5.69 Å². The zero-order chi connectivity index (χ0) is 17.6. The summed E-state index contributed by atoms with van der Waals surface area (Å²) >= 11 is 0. The lowest BCUT2D eigenvalue weighted by Gasteiger charge is -2.36. The Kier molecular flexibility index (Phi) is 3.82. The number of esters is 1. The zero-order valence-corrected chi connectivity index (χ0v) is 14.5. The van der Waals surface area contributed by atoms with Crippen LogP contribution in [0.25, 0.3) is 0 Å². The van der Waals surface area contributed by atoms with Crippen molar-refractivity contribution in [3.05, 3.63) is 47.0 Å². The van der Waals surface area contributed by atoms with E-state index in [2.05, 4.69) is 24.0 Å². The predicted octanol–water partition coefficient (Wildman–Crippen LogP) is 2.50. The fraction of sp³-hybridized carbons (Fsp3) is 0.421. The number of ether oxygens (including phenoxy) is 1. The van der Waals surface area contributed by atoms with E-state index in [1.165, 1.54) is 24.4 Å². The van der Waals surface area contributed by atoms with Crippen LogP contribution >= 0.6 is 0 Å². The first-order valence-electron chi connectivity index (χ1n) is 8.66. The van der Waals surface area contributed by atoms with Crippen LogP contribution in [-0.2, 0) is 22.4 Å². The van der Waals surface area contributed by atoms with Crippen molar-refractivity contribution in [1.29, 1.82) is 0 Å². The van der Waals surface area contributed by atoms with E-state index in [0.29, 0.717) is 12.1 Å². The van der Waals surface area contributed by atoms with E-state index in [1.54, 1.807) is 6.33 Å². The summed E-state index contributed by atoms with van der Waals surface area (Å²) in [6.07, 6.45) is 6.53. The average molecular weight is 339 g/mol. The van der Waals surface area contributed by atoms with Crippen molar-refractivity contribution in [2.75, 3.05) is 18.6 Å². The highest BCUT2D eigenvalue weighted by atomic mass is 16.5. The number of anilines is 1. The molecule has 0 saturated heterocycles. The van der Waals surface area contributed by atoms with Crippen molar-refractivity contribution >= 4 is 17.6 Å². The van der Waals surface area contributed by atoms with Gasteiger partial charge in [-0.1, -0.05) is 12.1 Å². The molecule has 6 heteroatoms. The van der Waals surface area contributed by atoms with Crippen LogP contribution in [0, 0.1) is 0 Å². The largest absolute Gasteiger partial charge is 0.464 e. The summed E-state index contributed by atoms with van der Waals surface area (Å²) in [7, 11) is 1.37. The lowest BCUT2D eigenvalue weighted by Crippen LogP contribution is -2.39. The minimum atomic E-state index is -0.388. The molecule has 1 atom stereocenters. The summed E-state index contributed by atoms with van der Waals surface area (Å²) in [5.41, 5.74) is 5.17. The Balaban J connectivity index is 1.76. The number of hydrogen-bond donors (Lipinski definition) is 0. The minimum Gasteiger partial charge on any atom is -0.464 e. The van der Waals surface area contributed by atoms with Gasteiger partial charge in [-0.2, -0.15) is 0 Å². The Bertz CT molecular complexity index is 838. The molecule has 1 amide bonds. The predicted molar refractivity (Wildman–Crippen MR) is 92.8 cm³/mol. The number of imidazole rings is 1. The Morgan fingerprint density at radius 1 is 1.24 bits per heavy atom. The second-order valence-corrected chi connectivity index (χ2v) is 6.69. The number of carbonyl (C=O) groups is 2. The van der Waals surface area contributed by atoms with Crippen molar-refractivity contribution in [2.45, 2.75) is 38.6 Å². The molecule has 6 nitrogen and oxygen atoms in total. The number of rotatable bonds is 3. The number of aromatic nitrogens is 2. The number of methoxy groups -OCH3 is 1. The third kappa shape index (κ3) is 2.52. The molecule has 3 heterocycles. The van der Waals surface area contributed by atoms with E-state index >= 15 is 0 Å². The highest BCUT2D eigenvalue weighted by Gasteiger charge is 2.30. The van der Waals surface area contributed by atoms with Gasteiger partial charge in [0.25, 0.3) is 0 Å². The summed E-state index contributed by atoms with van der Waals surface area (Å²) in [5.74, 6) is -0.155. The van der Waals surface area contributed by atoms with E-state index in [-0.39, 0.29) is 17.9 Å². The summed E-state index contributed by atoms with van der Waals surface area (Å²) in [4.78, 5) is 30.2. The fourth-order valence-corrected chi connectivity index (χ4v) is 3.96. The van der Waals surface area contributed by atoms with E-state index < -0.39 is 0 Å². The van der Waals surface area contributed by atoms with E-state index in [9.17, 15) is 9.59 Å². The molecule has 1 unspecified atom stereocenters. The summed E-state index contributed by atoms with van der Waals surface area (Å²) in [6, 6.07) is 4.32. The first-order valence-corrected chi connectivity index (χ1v) is 8.66. The molecule has 0 saturated carbocycles. The van der Waals surface area contributed by atoms with E-state index in [1.807, 2.05) is 9.47 Å². The Morgan fingerprint density at radius 3 is 2.76 bits per heavy atom.